The number of carbonyl (C=O) groups is 2. The molecule has 1 saturated heterocycles. The zero-order chi connectivity index (χ0) is 16.3. The lowest BCUT2D eigenvalue weighted by atomic mass is 10.1. The maximum absolute atomic E-state index is 12.1. The van der Waals surface area contributed by atoms with Gasteiger partial charge in [-0.25, -0.2) is 13.2 Å². The van der Waals surface area contributed by atoms with Crippen LogP contribution in [-0.4, -0.2) is 43.5 Å². The van der Waals surface area contributed by atoms with Crippen LogP contribution in [0.3, 0.4) is 0 Å². The average Bonchev–Trinajstić information content (AvgIpc) is 2.79. The maximum Gasteiger partial charge on any atom is 0.341 e. The highest BCUT2D eigenvalue weighted by Gasteiger charge is 2.33. The monoisotopic (exact) mass is 327 g/mol. The van der Waals surface area contributed by atoms with Gasteiger partial charge in [0.05, 0.1) is 17.4 Å². The van der Waals surface area contributed by atoms with Gasteiger partial charge >= 0.3 is 5.97 Å². The maximum atomic E-state index is 12.1. The highest BCUT2D eigenvalue weighted by molar-refractivity contribution is 7.91. The Balaban J connectivity index is 2.01. The molecule has 1 unspecified atom stereocenters. The summed E-state index contributed by atoms with van der Waals surface area (Å²) >= 11 is 0. The lowest BCUT2D eigenvalue weighted by Crippen LogP contribution is -2.24. The Morgan fingerprint density at radius 1 is 1.41 bits per heavy atom. The molecule has 1 aromatic carbocycles. The number of ether oxygens (including phenoxy) is 1. The second-order valence-electron chi connectivity index (χ2n) is 5.25. The van der Waals surface area contributed by atoms with E-state index in [4.69, 9.17) is 9.84 Å². The molecule has 1 amide bonds. The molecule has 1 atom stereocenters. The van der Waals surface area contributed by atoms with Crippen LogP contribution in [0.5, 0.6) is 5.75 Å². The third-order valence-electron chi connectivity index (χ3n) is 3.42. The summed E-state index contributed by atoms with van der Waals surface area (Å²) in [4.78, 5) is 22.5. The van der Waals surface area contributed by atoms with Gasteiger partial charge in [-0.1, -0.05) is 0 Å². The van der Waals surface area contributed by atoms with Gasteiger partial charge in [0.15, 0.2) is 16.4 Å². The van der Waals surface area contributed by atoms with Crippen molar-refractivity contribution in [2.24, 2.45) is 5.92 Å². The van der Waals surface area contributed by atoms with E-state index in [0.717, 1.165) is 0 Å². The lowest BCUT2D eigenvalue weighted by molar-refractivity contribution is -0.139. The Labute approximate surface area is 128 Å². The second kappa shape index (κ2) is 6.35. The van der Waals surface area contributed by atoms with Crippen molar-refractivity contribution in [3.05, 3.63) is 23.8 Å². The molecule has 1 aliphatic heterocycles. The number of amides is 1. The fourth-order valence-electron chi connectivity index (χ4n) is 2.25. The van der Waals surface area contributed by atoms with Crippen LogP contribution < -0.4 is 10.1 Å². The van der Waals surface area contributed by atoms with E-state index in [0.29, 0.717) is 23.4 Å². The number of rotatable bonds is 5. The van der Waals surface area contributed by atoms with Gasteiger partial charge in [0, 0.05) is 5.69 Å². The van der Waals surface area contributed by atoms with Crippen LogP contribution in [-0.2, 0) is 19.4 Å². The minimum Gasteiger partial charge on any atom is -0.482 e. The predicted octanol–water partition coefficient (Wildman–Crippen LogP) is 0.832. The molecule has 1 fully saturated rings. The van der Waals surface area contributed by atoms with E-state index >= 15 is 0 Å². The van der Waals surface area contributed by atoms with Gasteiger partial charge in [-0.3, -0.25) is 4.79 Å². The minimum atomic E-state index is -3.10. The molecule has 2 rings (SSSR count). The molecule has 0 spiro atoms. The SMILES string of the molecule is Cc1cc(OCC(=O)O)ccc1NC(=O)C1CCS(=O)(=O)C1. The molecule has 0 aromatic heterocycles. The molecule has 1 aromatic rings. The molecule has 7 nitrogen and oxygen atoms in total. The summed E-state index contributed by atoms with van der Waals surface area (Å²) in [6, 6.07) is 4.77. The highest BCUT2D eigenvalue weighted by Crippen LogP contribution is 2.24. The van der Waals surface area contributed by atoms with Crippen molar-refractivity contribution in [1.29, 1.82) is 0 Å². The molecule has 1 aliphatic rings. The van der Waals surface area contributed by atoms with Crippen LogP contribution in [0.2, 0.25) is 0 Å². The van der Waals surface area contributed by atoms with E-state index in [-0.39, 0.29) is 17.4 Å². The highest BCUT2D eigenvalue weighted by atomic mass is 32.2. The first kappa shape index (κ1) is 16.3. The largest absolute Gasteiger partial charge is 0.482 e. The number of sulfone groups is 1. The van der Waals surface area contributed by atoms with Crippen LogP contribution in [0.4, 0.5) is 5.69 Å². The number of hydrogen-bond acceptors (Lipinski definition) is 5. The standard InChI is InChI=1S/C14H17NO6S/c1-9-6-11(21-7-13(16)17)2-3-12(9)15-14(18)10-4-5-22(19,20)8-10/h2-3,6,10H,4-5,7-8H2,1H3,(H,15,18)(H,16,17). The van der Waals surface area contributed by atoms with Crippen LogP contribution in [0.25, 0.3) is 0 Å². The van der Waals surface area contributed by atoms with E-state index in [1.54, 1.807) is 25.1 Å². The zero-order valence-corrected chi connectivity index (χ0v) is 12.9. The Bertz CT molecular complexity index is 697. The van der Waals surface area contributed by atoms with Gasteiger partial charge in [0.1, 0.15) is 5.75 Å². The quantitative estimate of drug-likeness (QED) is 0.829. The van der Waals surface area contributed by atoms with Crippen molar-refractivity contribution in [1.82, 2.24) is 0 Å². The predicted molar refractivity (Wildman–Crippen MR) is 79.7 cm³/mol. The van der Waals surface area contributed by atoms with Gasteiger partial charge in [0.25, 0.3) is 0 Å². The average molecular weight is 327 g/mol. The van der Waals surface area contributed by atoms with Crippen molar-refractivity contribution >= 4 is 27.4 Å². The first-order chi connectivity index (χ1) is 10.3. The smallest absolute Gasteiger partial charge is 0.341 e. The Morgan fingerprint density at radius 2 is 2.14 bits per heavy atom. The van der Waals surface area contributed by atoms with Crippen molar-refractivity contribution in [2.45, 2.75) is 13.3 Å². The van der Waals surface area contributed by atoms with Crippen molar-refractivity contribution in [2.75, 3.05) is 23.4 Å². The zero-order valence-electron chi connectivity index (χ0n) is 12.0. The summed E-state index contributed by atoms with van der Waals surface area (Å²) in [5, 5.41) is 11.3. The van der Waals surface area contributed by atoms with Gasteiger partial charge < -0.3 is 15.2 Å². The summed E-state index contributed by atoms with van der Waals surface area (Å²) in [5.41, 5.74) is 1.26. The lowest BCUT2D eigenvalue weighted by Gasteiger charge is -2.13. The molecule has 2 N–H and O–H groups in total. The van der Waals surface area contributed by atoms with Gasteiger partial charge in [-0.05, 0) is 37.1 Å². The second-order valence-corrected chi connectivity index (χ2v) is 7.48. The number of hydrogen-bond donors (Lipinski definition) is 2. The summed E-state index contributed by atoms with van der Waals surface area (Å²) in [5.74, 6) is -1.58. The van der Waals surface area contributed by atoms with Crippen LogP contribution in [0, 0.1) is 12.8 Å². The fourth-order valence-corrected chi connectivity index (χ4v) is 3.99. The number of nitrogens with one attached hydrogen (secondary N) is 1. The number of anilines is 1. The summed E-state index contributed by atoms with van der Waals surface area (Å²) < 4.78 is 27.8. The number of carboxylic acid groups (broad SMARTS) is 1. The Morgan fingerprint density at radius 3 is 2.68 bits per heavy atom. The number of aliphatic carboxylic acids is 1. The number of carboxylic acids is 1. The van der Waals surface area contributed by atoms with Crippen LogP contribution >= 0.6 is 0 Å². The Kier molecular flexibility index (Phi) is 4.70. The van der Waals surface area contributed by atoms with Crippen molar-refractivity contribution in [3.8, 4) is 5.75 Å². The molecule has 0 aliphatic carbocycles. The van der Waals surface area contributed by atoms with E-state index in [9.17, 15) is 18.0 Å². The first-order valence-electron chi connectivity index (χ1n) is 6.73. The van der Waals surface area contributed by atoms with Gasteiger partial charge in [-0.2, -0.15) is 0 Å². The van der Waals surface area contributed by atoms with E-state index in [1.807, 2.05) is 0 Å². The van der Waals surface area contributed by atoms with E-state index < -0.39 is 28.3 Å². The van der Waals surface area contributed by atoms with E-state index in [1.165, 1.54) is 0 Å². The molecule has 1 heterocycles. The summed E-state index contributed by atoms with van der Waals surface area (Å²) in [7, 11) is -3.10. The summed E-state index contributed by atoms with van der Waals surface area (Å²) in [6.07, 6.45) is 0.340. The number of carbonyl (C=O) groups excluding carboxylic acids is 1. The van der Waals surface area contributed by atoms with Crippen molar-refractivity contribution in [3.63, 3.8) is 0 Å². The molecule has 0 saturated carbocycles. The topological polar surface area (TPSA) is 110 Å². The normalized spacial score (nSPS) is 19.6. The fraction of sp³-hybridized carbons (Fsp3) is 0.429. The molecule has 0 bridgehead atoms. The number of aryl methyl sites for hydroxylation is 1. The van der Waals surface area contributed by atoms with Crippen LogP contribution in [0.1, 0.15) is 12.0 Å². The van der Waals surface area contributed by atoms with E-state index in [2.05, 4.69) is 5.32 Å². The van der Waals surface area contributed by atoms with Gasteiger partial charge in [0.2, 0.25) is 5.91 Å². The minimum absolute atomic E-state index is 0.0477. The molecule has 8 heteroatoms. The number of benzene rings is 1. The third-order valence-corrected chi connectivity index (χ3v) is 5.19. The van der Waals surface area contributed by atoms with Crippen LogP contribution in [0.15, 0.2) is 18.2 Å². The van der Waals surface area contributed by atoms with Gasteiger partial charge in [-0.15, -0.1) is 0 Å². The molecule has 22 heavy (non-hydrogen) atoms. The molecular weight excluding hydrogens is 310 g/mol. The Hall–Kier alpha value is -2.09. The van der Waals surface area contributed by atoms with Crippen molar-refractivity contribution < 1.29 is 27.9 Å². The molecule has 0 radical (unpaired) electrons. The third kappa shape index (κ3) is 4.20. The summed E-state index contributed by atoms with van der Waals surface area (Å²) in [6.45, 7) is 1.31. The molecular formula is C14H17NO6S. The first-order valence-corrected chi connectivity index (χ1v) is 8.55. The molecule has 120 valence electrons.